The summed E-state index contributed by atoms with van der Waals surface area (Å²) >= 11 is 6.62. The molecule has 2 aromatic carbocycles. The maximum atomic E-state index is 12.7. The number of phenols is 1. The number of hydrogen-bond donors (Lipinski definition) is 1. The molecular weight excluding hydrogens is 358 g/mol. The van der Waals surface area contributed by atoms with Crippen molar-refractivity contribution in [3.8, 4) is 17.2 Å². The van der Waals surface area contributed by atoms with E-state index < -0.39 is 0 Å². The topological polar surface area (TPSA) is 59.0 Å². The van der Waals surface area contributed by atoms with E-state index >= 15 is 0 Å². The van der Waals surface area contributed by atoms with Crippen LogP contribution in [0.5, 0.6) is 17.2 Å². The van der Waals surface area contributed by atoms with E-state index in [1.54, 1.807) is 29.2 Å². The van der Waals surface area contributed by atoms with Crippen molar-refractivity contribution < 1.29 is 19.4 Å². The third-order valence-electron chi connectivity index (χ3n) is 3.82. The van der Waals surface area contributed by atoms with Crippen molar-refractivity contribution >= 4 is 40.3 Å². The van der Waals surface area contributed by atoms with Crippen molar-refractivity contribution in [2.24, 2.45) is 0 Å². The number of benzene rings is 2. The van der Waals surface area contributed by atoms with Crippen LogP contribution < -0.4 is 9.47 Å². The van der Waals surface area contributed by atoms with Gasteiger partial charge in [-0.2, -0.15) is 0 Å². The number of aromatic hydroxyl groups is 1. The second kappa shape index (κ2) is 6.42. The Kier molecular flexibility index (Phi) is 4.10. The van der Waals surface area contributed by atoms with Gasteiger partial charge in [-0.3, -0.25) is 9.69 Å². The average Bonchev–Trinajstić information content (AvgIpc) is 3.15. The summed E-state index contributed by atoms with van der Waals surface area (Å²) in [6.45, 7) is 0.588. The molecule has 0 aromatic heterocycles. The summed E-state index contributed by atoms with van der Waals surface area (Å²) in [7, 11) is 0. The minimum atomic E-state index is -0.143. The predicted molar refractivity (Wildman–Crippen MR) is 99.4 cm³/mol. The van der Waals surface area contributed by atoms with E-state index in [-0.39, 0.29) is 18.4 Å². The number of ether oxygens (including phenoxy) is 2. The van der Waals surface area contributed by atoms with E-state index in [1.807, 2.05) is 24.3 Å². The van der Waals surface area contributed by atoms with Gasteiger partial charge in [0.15, 0.2) is 11.5 Å². The summed E-state index contributed by atoms with van der Waals surface area (Å²) in [5, 5.41) is 9.55. The van der Waals surface area contributed by atoms with Gasteiger partial charge in [-0.15, -0.1) is 0 Å². The summed E-state index contributed by atoms with van der Waals surface area (Å²) in [6.07, 6.45) is 1.73. The molecule has 0 atom stereocenters. The Labute approximate surface area is 153 Å². The number of carbonyl (C=O) groups excluding carboxylic acids is 1. The van der Waals surface area contributed by atoms with Gasteiger partial charge < -0.3 is 14.6 Å². The highest BCUT2D eigenvalue weighted by atomic mass is 32.2. The molecule has 1 fully saturated rings. The second-order valence-electron chi connectivity index (χ2n) is 5.55. The van der Waals surface area contributed by atoms with Crippen LogP contribution in [0.4, 0.5) is 0 Å². The number of amides is 1. The van der Waals surface area contributed by atoms with Gasteiger partial charge in [0.1, 0.15) is 10.1 Å². The van der Waals surface area contributed by atoms with Crippen molar-refractivity contribution in [3.05, 3.63) is 58.5 Å². The lowest BCUT2D eigenvalue weighted by atomic mass is 10.2. The zero-order chi connectivity index (χ0) is 17.4. The van der Waals surface area contributed by atoms with Crippen molar-refractivity contribution in [2.45, 2.75) is 6.54 Å². The molecule has 0 unspecified atom stereocenters. The lowest BCUT2D eigenvalue weighted by Crippen LogP contribution is -2.27. The smallest absolute Gasteiger partial charge is 0.266 e. The van der Waals surface area contributed by atoms with Crippen LogP contribution in [0.25, 0.3) is 6.08 Å². The van der Waals surface area contributed by atoms with Crippen LogP contribution >= 0.6 is 24.0 Å². The fourth-order valence-electron chi connectivity index (χ4n) is 2.62. The molecular formula is C18H13NO4S2. The highest BCUT2D eigenvalue weighted by Gasteiger charge is 2.32. The third kappa shape index (κ3) is 3.20. The van der Waals surface area contributed by atoms with Gasteiger partial charge in [0.25, 0.3) is 5.91 Å². The maximum Gasteiger partial charge on any atom is 0.266 e. The SMILES string of the molecule is O=C1/C(=C\c2cccc(O)c2)SC(=S)N1Cc1ccc2c(c1)OCO2. The lowest BCUT2D eigenvalue weighted by Gasteiger charge is -2.14. The van der Waals surface area contributed by atoms with Crippen LogP contribution in [0.1, 0.15) is 11.1 Å². The summed E-state index contributed by atoms with van der Waals surface area (Å²) in [4.78, 5) is 14.8. The van der Waals surface area contributed by atoms with Crippen molar-refractivity contribution in [1.29, 1.82) is 0 Å². The zero-order valence-electron chi connectivity index (χ0n) is 13.0. The van der Waals surface area contributed by atoms with Gasteiger partial charge in [0.2, 0.25) is 6.79 Å². The van der Waals surface area contributed by atoms with E-state index in [0.717, 1.165) is 11.1 Å². The number of thioether (sulfide) groups is 1. The fourth-order valence-corrected chi connectivity index (χ4v) is 3.88. The molecule has 0 radical (unpaired) electrons. The standard InChI is InChI=1S/C18H13NO4S2/c20-13-3-1-2-11(6-13)8-16-17(21)19(18(24)25-16)9-12-4-5-14-15(7-12)23-10-22-14/h1-8,20H,9-10H2/b16-8+. The molecule has 2 heterocycles. The molecule has 4 rings (SSSR count). The molecule has 2 aliphatic heterocycles. The largest absolute Gasteiger partial charge is 0.508 e. The first-order valence-electron chi connectivity index (χ1n) is 7.53. The number of nitrogens with zero attached hydrogens (tertiary/aromatic N) is 1. The minimum Gasteiger partial charge on any atom is -0.508 e. The number of phenolic OH excluding ortho intramolecular Hbond substituents is 1. The Morgan fingerprint density at radius 3 is 2.88 bits per heavy atom. The molecule has 2 aliphatic rings. The van der Waals surface area contributed by atoms with Crippen LogP contribution in [0.3, 0.4) is 0 Å². The molecule has 0 spiro atoms. The first-order valence-corrected chi connectivity index (χ1v) is 8.75. The van der Waals surface area contributed by atoms with Crippen molar-refractivity contribution in [1.82, 2.24) is 4.90 Å². The molecule has 25 heavy (non-hydrogen) atoms. The lowest BCUT2D eigenvalue weighted by molar-refractivity contribution is -0.122. The van der Waals surface area contributed by atoms with Crippen molar-refractivity contribution in [2.75, 3.05) is 6.79 Å². The van der Waals surface area contributed by atoms with E-state index in [1.165, 1.54) is 11.8 Å². The molecule has 5 nitrogen and oxygen atoms in total. The minimum absolute atomic E-state index is 0.143. The number of hydrogen-bond acceptors (Lipinski definition) is 6. The van der Waals surface area contributed by atoms with Gasteiger partial charge in [0.05, 0.1) is 11.4 Å². The van der Waals surface area contributed by atoms with Gasteiger partial charge in [0, 0.05) is 0 Å². The Morgan fingerprint density at radius 1 is 1.20 bits per heavy atom. The monoisotopic (exact) mass is 371 g/mol. The maximum absolute atomic E-state index is 12.7. The normalized spacial score (nSPS) is 17.6. The summed E-state index contributed by atoms with van der Waals surface area (Å²) in [5.41, 5.74) is 1.67. The van der Waals surface area contributed by atoms with E-state index in [0.29, 0.717) is 27.3 Å². The van der Waals surface area contributed by atoms with Crippen LogP contribution in [-0.4, -0.2) is 27.0 Å². The zero-order valence-corrected chi connectivity index (χ0v) is 14.6. The Balaban J connectivity index is 1.55. The van der Waals surface area contributed by atoms with Crippen molar-refractivity contribution in [3.63, 3.8) is 0 Å². The molecule has 7 heteroatoms. The van der Waals surface area contributed by atoms with Crippen LogP contribution in [-0.2, 0) is 11.3 Å². The number of carbonyl (C=O) groups is 1. The fraction of sp³-hybridized carbons (Fsp3) is 0.111. The molecule has 0 aliphatic carbocycles. The van der Waals surface area contributed by atoms with Gasteiger partial charge in [-0.25, -0.2) is 0 Å². The van der Waals surface area contributed by atoms with Crippen LogP contribution in [0.2, 0.25) is 0 Å². The number of fused-ring (bicyclic) bond motifs is 1. The molecule has 2 aromatic rings. The quantitative estimate of drug-likeness (QED) is 0.658. The average molecular weight is 371 g/mol. The Bertz CT molecular complexity index is 910. The van der Waals surface area contributed by atoms with E-state index in [2.05, 4.69) is 0 Å². The molecule has 0 bridgehead atoms. The summed E-state index contributed by atoms with van der Waals surface area (Å²) in [5.74, 6) is 1.40. The Morgan fingerprint density at radius 2 is 2.04 bits per heavy atom. The molecule has 1 N–H and O–H groups in total. The van der Waals surface area contributed by atoms with Gasteiger partial charge in [-0.05, 0) is 41.5 Å². The first kappa shape index (κ1) is 16.0. The summed E-state index contributed by atoms with van der Waals surface area (Å²) < 4.78 is 11.2. The number of rotatable bonds is 3. The summed E-state index contributed by atoms with van der Waals surface area (Å²) in [6, 6.07) is 12.3. The highest BCUT2D eigenvalue weighted by molar-refractivity contribution is 8.26. The van der Waals surface area contributed by atoms with E-state index in [9.17, 15) is 9.90 Å². The number of thiocarbonyl (C=S) groups is 1. The molecule has 1 saturated heterocycles. The molecule has 1 amide bonds. The molecule has 126 valence electrons. The van der Waals surface area contributed by atoms with Gasteiger partial charge >= 0.3 is 0 Å². The Hall–Kier alpha value is -2.51. The molecule has 0 saturated carbocycles. The second-order valence-corrected chi connectivity index (χ2v) is 7.23. The predicted octanol–water partition coefficient (Wildman–Crippen LogP) is 3.52. The first-order chi connectivity index (χ1) is 12.1. The van der Waals surface area contributed by atoms with E-state index in [4.69, 9.17) is 21.7 Å². The van der Waals surface area contributed by atoms with Crippen LogP contribution in [0, 0.1) is 0 Å². The van der Waals surface area contributed by atoms with Crippen LogP contribution in [0.15, 0.2) is 47.4 Å². The third-order valence-corrected chi connectivity index (χ3v) is 5.20. The van der Waals surface area contributed by atoms with Gasteiger partial charge in [-0.1, -0.05) is 42.2 Å². The highest BCUT2D eigenvalue weighted by Crippen LogP contribution is 2.36.